The molecule has 1 fully saturated rings. The summed E-state index contributed by atoms with van der Waals surface area (Å²) in [5.74, 6) is 0.946. The third kappa shape index (κ3) is 5.15. The lowest BCUT2D eigenvalue weighted by molar-refractivity contribution is -0.134. The second-order valence-corrected chi connectivity index (χ2v) is 10.1. The standard InChI is InChI=1S/C28H29N3O3S/c1-3-13-29-27(32)24-17-35-25(30-24)16-34-22-11-10-19-12-14-31(28(33)21-8-9-21)26(23(19)15-22)20-6-4-18(2)5-7-20/h3-7,10-11,15,17,21,26H,1,8-9,12-14,16H2,2H3,(H,29,32)/t26-/m0/s1. The second kappa shape index (κ2) is 10.0. The normalized spacial score (nSPS) is 16.9. The zero-order valence-corrected chi connectivity index (χ0v) is 20.6. The molecule has 5 rings (SSSR count). The van der Waals surface area contributed by atoms with Gasteiger partial charge in [-0.1, -0.05) is 42.0 Å². The van der Waals surface area contributed by atoms with Gasteiger partial charge in [-0.2, -0.15) is 0 Å². The first-order valence-electron chi connectivity index (χ1n) is 12.0. The molecule has 1 aliphatic heterocycles. The van der Waals surface area contributed by atoms with E-state index in [4.69, 9.17) is 4.74 Å². The number of benzene rings is 2. The molecule has 0 radical (unpaired) electrons. The van der Waals surface area contributed by atoms with Crippen molar-refractivity contribution < 1.29 is 14.3 Å². The van der Waals surface area contributed by atoms with Crippen LogP contribution in [0.1, 0.15) is 56.6 Å². The number of thiazole rings is 1. The summed E-state index contributed by atoms with van der Waals surface area (Å²) >= 11 is 1.40. The Morgan fingerprint density at radius 2 is 2.03 bits per heavy atom. The van der Waals surface area contributed by atoms with E-state index in [2.05, 4.69) is 65.1 Å². The molecule has 0 bridgehead atoms. The first kappa shape index (κ1) is 23.3. The van der Waals surface area contributed by atoms with Crippen molar-refractivity contribution in [3.05, 3.63) is 93.5 Å². The van der Waals surface area contributed by atoms with Crippen molar-refractivity contribution >= 4 is 23.2 Å². The van der Waals surface area contributed by atoms with Gasteiger partial charge < -0.3 is 15.0 Å². The molecule has 2 heterocycles. The maximum Gasteiger partial charge on any atom is 0.271 e. The Morgan fingerprint density at radius 3 is 2.77 bits per heavy atom. The molecule has 3 aromatic rings. The monoisotopic (exact) mass is 487 g/mol. The molecule has 1 saturated carbocycles. The molecular weight excluding hydrogens is 458 g/mol. The number of carbonyl (C=O) groups excluding carboxylic acids is 2. The fourth-order valence-electron chi connectivity index (χ4n) is 4.48. The summed E-state index contributed by atoms with van der Waals surface area (Å²) in [6.07, 6.45) is 4.46. The van der Waals surface area contributed by atoms with E-state index in [0.717, 1.165) is 47.7 Å². The van der Waals surface area contributed by atoms with Gasteiger partial charge in [-0.25, -0.2) is 4.98 Å². The average Bonchev–Trinajstić information content (AvgIpc) is 3.62. The third-order valence-electron chi connectivity index (χ3n) is 6.50. The second-order valence-electron chi connectivity index (χ2n) is 9.14. The van der Waals surface area contributed by atoms with Gasteiger partial charge in [-0.3, -0.25) is 9.59 Å². The minimum absolute atomic E-state index is 0.115. The Kier molecular flexibility index (Phi) is 6.68. The maximum atomic E-state index is 13.2. The van der Waals surface area contributed by atoms with Gasteiger partial charge in [-0.15, -0.1) is 17.9 Å². The molecule has 1 aliphatic carbocycles. The van der Waals surface area contributed by atoms with Crippen LogP contribution >= 0.6 is 11.3 Å². The molecule has 180 valence electrons. The van der Waals surface area contributed by atoms with Crippen LogP contribution < -0.4 is 10.1 Å². The molecule has 0 unspecified atom stereocenters. The molecule has 2 aromatic carbocycles. The summed E-state index contributed by atoms with van der Waals surface area (Å²) in [7, 11) is 0. The molecule has 1 N–H and O–H groups in total. The van der Waals surface area contributed by atoms with Crippen molar-refractivity contribution in [3.63, 3.8) is 0 Å². The number of rotatable bonds is 8. The summed E-state index contributed by atoms with van der Waals surface area (Å²) in [6, 6.07) is 14.5. The lowest BCUT2D eigenvalue weighted by Crippen LogP contribution is -2.41. The predicted octanol–water partition coefficient (Wildman–Crippen LogP) is 4.83. The van der Waals surface area contributed by atoms with Gasteiger partial charge in [0.2, 0.25) is 5.91 Å². The van der Waals surface area contributed by atoms with Crippen molar-refractivity contribution in [2.24, 2.45) is 5.92 Å². The van der Waals surface area contributed by atoms with Crippen LogP contribution in [0.5, 0.6) is 5.75 Å². The zero-order chi connectivity index (χ0) is 24.4. The molecule has 2 amide bonds. The summed E-state index contributed by atoms with van der Waals surface area (Å²) in [5.41, 5.74) is 5.07. The number of ether oxygens (including phenoxy) is 1. The van der Waals surface area contributed by atoms with Crippen molar-refractivity contribution in [1.29, 1.82) is 0 Å². The van der Waals surface area contributed by atoms with Gasteiger partial charge in [0.1, 0.15) is 23.1 Å². The predicted molar refractivity (Wildman–Crippen MR) is 137 cm³/mol. The Morgan fingerprint density at radius 1 is 1.23 bits per heavy atom. The molecule has 1 atom stereocenters. The molecule has 35 heavy (non-hydrogen) atoms. The first-order valence-corrected chi connectivity index (χ1v) is 12.9. The molecule has 0 saturated heterocycles. The summed E-state index contributed by atoms with van der Waals surface area (Å²) in [5, 5.41) is 5.20. The van der Waals surface area contributed by atoms with E-state index >= 15 is 0 Å². The SMILES string of the molecule is C=CCNC(=O)c1csc(COc2ccc3c(c2)[C@H](c2ccc(C)cc2)N(C(=O)C2CC2)CC3)n1. The number of hydrogen-bond acceptors (Lipinski definition) is 5. The van der Waals surface area contributed by atoms with Gasteiger partial charge in [0.05, 0.1) is 6.04 Å². The fraction of sp³-hybridized carbons (Fsp3) is 0.321. The summed E-state index contributed by atoms with van der Waals surface area (Å²) in [4.78, 5) is 31.7. The van der Waals surface area contributed by atoms with Gasteiger partial charge in [-0.05, 0) is 55.0 Å². The van der Waals surface area contributed by atoms with E-state index in [1.807, 2.05) is 6.07 Å². The van der Waals surface area contributed by atoms with Gasteiger partial charge in [0.25, 0.3) is 5.91 Å². The van der Waals surface area contributed by atoms with Crippen molar-refractivity contribution in [1.82, 2.24) is 15.2 Å². The van der Waals surface area contributed by atoms with E-state index < -0.39 is 0 Å². The fourth-order valence-corrected chi connectivity index (χ4v) is 5.16. The van der Waals surface area contributed by atoms with E-state index in [1.165, 1.54) is 22.5 Å². The number of aromatic nitrogens is 1. The minimum atomic E-state index is -0.220. The van der Waals surface area contributed by atoms with Gasteiger partial charge in [0.15, 0.2) is 0 Å². The highest BCUT2D eigenvalue weighted by Gasteiger charge is 2.39. The number of aryl methyl sites for hydroxylation is 1. The van der Waals surface area contributed by atoms with Crippen LogP contribution in [0.4, 0.5) is 0 Å². The van der Waals surface area contributed by atoms with Crippen LogP contribution in [-0.4, -0.2) is 34.8 Å². The highest BCUT2D eigenvalue weighted by atomic mass is 32.1. The van der Waals surface area contributed by atoms with Crippen molar-refractivity contribution in [2.45, 2.75) is 38.8 Å². The molecule has 0 spiro atoms. The highest BCUT2D eigenvalue weighted by Crippen LogP contribution is 2.41. The number of hydrogen-bond donors (Lipinski definition) is 1. The number of fused-ring (bicyclic) bond motifs is 1. The zero-order valence-electron chi connectivity index (χ0n) is 19.8. The lowest BCUT2D eigenvalue weighted by Gasteiger charge is -2.38. The Bertz CT molecular complexity index is 1250. The average molecular weight is 488 g/mol. The van der Waals surface area contributed by atoms with E-state index in [-0.39, 0.29) is 30.4 Å². The van der Waals surface area contributed by atoms with E-state index in [9.17, 15) is 9.59 Å². The molecule has 2 aliphatic rings. The number of nitrogens with zero attached hydrogens (tertiary/aromatic N) is 2. The first-order chi connectivity index (χ1) is 17.0. The number of carbonyl (C=O) groups is 2. The minimum Gasteiger partial charge on any atom is -0.486 e. The summed E-state index contributed by atoms with van der Waals surface area (Å²) in [6.45, 7) is 7.09. The largest absolute Gasteiger partial charge is 0.486 e. The molecule has 6 nitrogen and oxygen atoms in total. The van der Waals surface area contributed by atoms with Crippen LogP contribution in [0.3, 0.4) is 0 Å². The lowest BCUT2D eigenvalue weighted by atomic mass is 9.87. The molecular formula is C28H29N3O3S. The Labute approximate surface area is 209 Å². The third-order valence-corrected chi connectivity index (χ3v) is 7.32. The molecule has 7 heteroatoms. The quantitative estimate of drug-likeness (QED) is 0.462. The van der Waals surface area contributed by atoms with E-state index in [0.29, 0.717) is 12.2 Å². The molecule has 1 aromatic heterocycles. The van der Waals surface area contributed by atoms with Crippen LogP contribution in [0.2, 0.25) is 0 Å². The topological polar surface area (TPSA) is 71.5 Å². The Balaban J connectivity index is 1.37. The summed E-state index contributed by atoms with van der Waals surface area (Å²) < 4.78 is 6.09. The van der Waals surface area contributed by atoms with Crippen molar-refractivity contribution in [2.75, 3.05) is 13.1 Å². The maximum absolute atomic E-state index is 13.2. The highest BCUT2D eigenvalue weighted by molar-refractivity contribution is 7.09. The van der Waals surface area contributed by atoms with Crippen LogP contribution in [0.25, 0.3) is 0 Å². The number of amides is 2. The van der Waals surface area contributed by atoms with Gasteiger partial charge >= 0.3 is 0 Å². The smallest absolute Gasteiger partial charge is 0.271 e. The number of nitrogens with one attached hydrogen (secondary N) is 1. The van der Waals surface area contributed by atoms with Crippen molar-refractivity contribution in [3.8, 4) is 5.75 Å². The van der Waals surface area contributed by atoms with Crippen LogP contribution in [0, 0.1) is 12.8 Å². The van der Waals surface area contributed by atoms with Gasteiger partial charge in [0, 0.05) is 24.4 Å². The van der Waals surface area contributed by atoms with Crippen LogP contribution in [0.15, 0.2) is 60.5 Å². The van der Waals surface area contributed by atoms with Crippen LogP contribution in [-0.2, 0) is 17.8 Å². The Hall–Kier alpha value is -3.45. The van der Waals surface area contributed by atoms with E-state index in [1.54, 1.807) is 11.5 Å².